The molecule has 1 aromatic heterocycles. The van der Waals surface area contributed by atoms with Gasteiger partial charge in [-0.1, -0.05) is 18.2 Å². The van der Waals surface area contributed by atoms with Crippen molar-refractivity contribution in [3.8, 4) is 11.1 Å². The average molecular weight is 433 g/mol. The summed E-state index contributed by atoms with van der Waals surface area (Å²) in [6.07, 6.45) is 1.93. The number of nitrogens with zero attached hydrogens (tertiary/aromatic N) is 2. The van der Waals surface area contributed by atoms with E-state index >= 15 is 0 Å². The van der Waals surface area contributed by atoms with E-state index in [1.807, 2.05) is 0 Å². The normalized spacial score (nSPS) is 12.7. The van der Waals surface area contributed by atoms with Crippen LogP contribution in [0.2, 0.25) is 0 Å². The summed E-state index contributed by atoms with van der Waals surface area (Å²) >= 11 is 0. The number of benzene rings is 2. The standard InChI is InChI=1S/C20H20FN3O5S/c1-12-3-4-13(9-16(12)21)14-5-6-15-17(10-14)22-11-24(20(15)26)8-7-18(19(25)23-27)30(2,28)29/h3-6,9-11,18,27H,7-8H2,1-2H3,(H,23,25)/t18-/m1/s1. The number of amides is 1. The molecule has 10 heteroatoms. The van der Waals surface area contributed by atoms with Gasteiger partial charge in [0.1, 0.15) is 11.1 Å². The Labute approximate surface area is 171 Å². The summed E-state index contributed by atoms with van der Waals surface area (Å²) in [5, 5.41) is 7.55. The second-order valence-electron chi connectivity index (χ2n) is 7.02. The predicted octanol–water partition coefficient (Wildman–Crippen LogP) is 1.82. The number of carbonyl (C=O) groups excluding carboxylic acids is 1. The van der Waals surface area contributed by atoms with Crippen LogP contribution in [0.4, 0.5) is 4.39 Å². The monoisotopic (exact) mass is 433 g/mol. The summed E-state index contributed by atoms with van der Waals surface area (Å²) in [5.74, 6) is -1.39. The van der Waals surface area contributed by atoms with Crippen LogP contribution in [0.25, 0.3) is 22.0 Å². The SMILES string of the molecule is Cc1ccc(-c2ccc3c(=O)n(CC[C@H](C(=O)NO)S(C)(=O)=O)cnc3c2)cc1F. The van der Waals surface area contributed by atoms with Crippen molar-refractivity contribution in [3.63, 3.8) is 0 Å². The van der Waals surface area contributed by atoms with Crippen molar-refractivity contribution in [1.82, 2.24) is 15.0 Å². The lowest BCUT2D eigenvalue weighted by atomic mass is 10.0. The molecule has 1 heterocycles. The number of halogens is 1. The zero-order valence-corrected chi connectivity index (χ0v) is 17.1. The molecule has 0 saturated carbocycles. The molecular formula is C20H20FN3O5S. The second kappa shape index (κ2) is 8.33. The number of aryl methyl sites for hydroxylation is 2. The molecule has 0 bridgehead atoms. The molecule has 1 atom stereocenters. The number of rotatable bonds is 6. The van der Waals surface area contributed by atoms with Gasteiger partial charge in [-0.15, -0.1) is 0 Å². The van der Waals surface area contributed by atoms with Gasteiger partial charge in [-0.2, -0.15) is 0 Å². The minimum Gasteiger partial charge on any atom is -0.299 e. The molecule has 0 spiro atoms. The highest BCUT2D eigenvalue weighted by molar-refractivity contribution is 7.92. The molecule has 1 amide bonds. The third-order valence-corrected chi connectivity index (χ3v) is 6.37. The molecule has 158 valence electrons. The first-order chi connectivity index (χ1) is 14.1. The number of sulfone groups is 1. The Hall–Kier alpha value is -3.11. The van der Waals surface area contributed by atoms with Gasteiger partial charge in [0.05, 0.1) is 17.2 Å². The third kappa shape index (κ3) is 4.39. The number of carbonyl (C=O) groups is 1. The third-order valence-electron chi connectivity index (χ3n) is 4.88. The van der Waals surface area contributed by atoms with Crippen LogP contribution in [0, 0.1) is 12.7 Å². The second-order valence-corrected chi connectivity index (χ2v) is 9.25. The minimum atomic E-state index is -3.78. The van der Waals surface area contributed by atoms with Crippen LogP contribution in [0.3, 0.4) is 0 Å². The molecule has 0 aliphatic heterocycles. The summed E-state index contributed by atoms with van der Waals surface area (Å²) in [6.45, 7) is 1.58. The molecule has 0 radical (unpaired) electrons. The Morgan fingerprint density at radius 3 is 2.53 bits per heavy atom. The first-order valence-corrected chi connectivity index (χ1v) is 11.0. The van der Waals surface area contributed by atoms with Gasteiger partial charge in [-0.25, -0.2) is 23.3 Å². The summed E-state index contributed by atoms with van der Waals surface area (Å²) in [6, 6.07) is 9.78. The molecule has 8 nitrogen and oxygen atoms in total. The molecule has 0 aliphatic carbocycles. The highest BCUT2D eigenvalue weighted by Crippen LogP contribution is 2.24. The van der Waals surface area contributed by atoms with Crippen LogP contribution in [0.1, 0.15) is 12.0 Å². The first-order valence-electron chi connectivity index (χ1n) is 9.00. The van der Waals surface area contributed by atoms with Gasteiger partial charge in [-0.3, -0.25) is 19.4 Å². The van der Waals surface area contributed by atoms with Crippen molar-refractivity contribution in [2.45, 2.75) is 25.1 Å². The van der Waals surface area contributed by atoms with Crippen LogP contribution >= 0.6 is 0 Å². The number of hydroxylamine groups is 1. The Kier molecular flexibility index (Phi) is 5.99. The van der Waals surface area contributed by atoms with Gasteiger partial charge < -0.3 is 0 Å². The summed E-state index contributed by atoms with van der Waals surface area (Å²) in [4.78, 5) is 28.6. The quantitative estimate of drug-likeness (QED) is 0.452. The van der Waals surface area contributed by atoms with Crippen molar-refractivity contribution >= 4 is 26.6 Å². The molecular weight excluding hydrogens is 413 g/mol. The molecule has 3 rings (SSSR count). The topological polar surface area (TPSA) is 118 Å². The van der Waals surface area contributed by atoms with Gasteiger partial charge in [0, 0.05) is 12.8 Å². The molecule has 0 unspecified atom stereocenters. The fraction of sp³-hybridized carbons (Fsp3) is 0.250. The molecule has 3 aromatic rings. The molecule has 2 N–H and O–H groups in total. The van der Waals surface area contributed by atoms with Crippen LogP contribution in [-0.2, 0) is 21.2 Å². The Balaban J connectivity index is 1.92. The Bertz CT molecular complexity index is 1290. The number of hydrogen-bond donors (Lipinski definition) is 2. The number of aromatic nitrogens is 2. The zero-order chi connectivity index (χ0) is 22.1. The molecule has 2 aromatic carbocycles. The van der Waals surface area contributed by atoms with E-state index in [1.54, 1.807) is 37.3 Å². The van der Waals surface area contributed by atoms with Gasteiger partial charge in [0.25, 0.3) is 11.5 Å². The lowest BCUT2D eigenvalue weighted by Crippen LogP contribution is -2.39. The molecule has 0 saturated heterocycles. The van der Waals surface area contributed by atoms with Crippen LogP contribution in [0.15, 0.2) is 47.5 Å². The van der Waals surface area contributed by atoms with Gasteiger partial charge in [0.2, 0.25) is 0 Å². The molecule has 0 aliphatic rings. The summed E-state index contributed by atoms with van der Waals surface area (Å²) in [5.41, 5.74) is 3.21. The zero-order valence-electron chi connectivity index (χ0n) is 16.3. The van der Waals surface area contributed by atoms with E-state index in [-0.39, 0.29) is 18.8 Å². The lowest BCUT2D eigenvalue weighted by Gasteiger charge is -2.14. The maximum absolute atomic E-state index is 13.9. The number of fused-ring (bicyclic) bond motifs is 1. The van der Waals surface area contributed by atoms with E-state index in [0.717, 1.165) is 6.26 Å². The number of nitrogens with one attached hydrogen (secondary N) is 1. The van der Waals surface area contributed by atoms with E-state index in [9.17, 15) is 22.4 Å². The van der Waals surface area contributed by atoms with Gasteiger partial charge in [0.15, 0.2) is 9.84 Å². The minimum absolute atomic E-state index is 0.0855. The first kappa shape index (κ1) is 21.6. The van der Waals surface area contributed by atoms with Crippen LogP contribution < -0.4 is 11.0 Å². The van der Waals surface area contributed by atoms with Crippen molar-refractivity contribution < 1.29 is 22.8 Å². The number of hydrogen-bond acceptors (Lipinski definition) is 6. The van der Waals surface area contributed by atoms with Crippen LogP contribution in [0.5, 0.6) is 0 Å². The van der Waals surface area contributed by atoms with Crippen molar-refractivity contribution in [2.24, 2.45) is 0 Å². The average Bonchev–Trinajstić information content (AvgIpc) is 2.70. The molecule has 0 fully saturated rings. The van der Waals surface area contributed by atoms with Crippen LogP contribution in [-0.4, -0.2) is 40.6 Å². The highest BCUT2D eigenvalue weighted by atomic mass is 32.2. The fourth-order valence-corrected chi connectivity index (χ4v) is 4.11. The van der Waals surface area contributed by atoms with Gasteiger partial charge >= 0.3 is 0 Å². The fourth-order valence-electron chi connectivity index (χ4n) is 3.14. The maximum Gasteiger partial charge on any atom is 0.261 e. The maximum atomic E-state index is 13.9. The summed E-state index contributed by atoms with van der Waals surface area (Å²) in [7, 11) is -3.78. The highest BCUT2D eigenvalue weighted by Gasteiger charge is 2.28. The Morgan fingerprint density at radius 1 is 1.23 bits per heavy atom. The smallest absolute Gasteiger partial charge is 0.261 e. The largest absolute Gasteiger partial charge is 0.299 e. The van der Waals surface area contributed by atoms with E-state index in [2.05, 4.69) is 4.98 Å². The van der Waals surface area contributed by atoms with E-state index in [4.69, 9.17) is 5.21 Å². The van der Waals surface area contributed by atoms with Crippen molar-refractivity contribution in [1.29, 1.82) is 0 Å². The van der Waals surface area contributed by atoms with E-state index in [0.29, 0.717) is 27.6 Å². The Morgan fingerprint density at radius 2 is 1.90 bits per heavy atom. The van der Waals surface area contributed by atoms with Crippen molar-refractivity contribution in [2.75, 3.05) is 6.26 Å². The lowest BCUT2D eigenvalue weighted by molar-refractivity contribution is -0.128. The van der Waals surface area contributed by atoms with E-state index in [1.165, 1.54) is 22.4 Å². The molecule has 30 heavy (non-hydrogen) atoms. The summed E-state index contributed by atoms with van der Waals surface area (Å²) < 4.78 is 38.6. The predicted molar refractivity (Wildman–Crippen MR) is 109 cm³/mol. The van der Waals surface area contributed by atoms with Gasteiger partial charge in [-0.05, 0) is 48.2 Å². The van der Waals surface area contributed by atoms with E-state index < -0.39 is 26.6 Å². The van der Waals surface area contributed by atoms with Crippen molar-refractivity contribution in [3.05, 3.63) is 64.5 Å².